The van der Waals surface area contributed by atoms with Crippen LogP contribution >= 0.6 is 0 Å². The van der Waals surface area contributed by atoms with Crippen molar-refractivity contribution in [3.63, 3.8) is 0 Å². The van der Waals surface area contributed by atoms with Crippen molar-refractivity contribution in [2.75, 3.05) is 69.5 Å². The zero-order valence-electron chi connectivity index (χ0n) is 20.9. The summed E-state index contributed by atoms with van der Waals surface area (Å²) in [6.45, 7) is 4.41. The second kappa shape index (κ2) is 10.9. The molecule has 10 heteroatoms. The van der Waals surface area contributed by atoms with Crippen LogP contribution in [0.25, 0.3) is 22.2 Å². The molecule has 0 saturated carbocycles. The Morgan fingerprint density at radius 3 is 2.62 bits per heavy atom. The molecule has 0 aliphatic carbocycles. The van der Waals surface area contributed by atoms with Gasteiger partial charge in [-0.15, -0.1) is 0 Å². The lowest BCUT2D eigenvalue weighted by Crippen LogP contribution is -2.36. The largest absolute Gasteiger partial charge is 0.492 e. The van der Waals surface area contributed by atoms with Crippen molar-refractivity contribution < 1.29 is 13.9 Å². The molecule has 0 amide bonds. The van der Waals surface area contributed by atoms with Gasteiger partial charge in [0.25, 0.3) is 0 Å². The molecule has 1 aliphatic rings. The number of rotatable bonds is 8. The number of anilines is 4. The summed E-state index contributed by atoms with van der Waals surface area (Å²) in [6, 6.07) is 14.4. The standard InChI is InChI=1S/C27H30FN7O2/c1-34(2)11-16-37-20-7-8-23(28)22(17-20)24-25-21(9-10-30-24)26(29)33-27(32-25)31-18-3-5-19(6-4-18)35-12-14-36-15-13-35/h3-10,17H,11-16H2,1-2H3,(H3,29,31,32,33). The smallest absolute Gasteiger partial charge is 0.229 e. The van der Waals surface area contributed by atoms with E-state index in [0.717, 1.165) is 44.2 Å². The van der Waals surface area contributed by atoms with Gasteiger partial charge in [-0.2, -0.15) is 4.98 Å². The minimum absolute atomic E-state index is 0.278. The molecule has 1 aliphatic heterocycles. The number of nitrogens with one attached hydrogen (secondary N) is 1. The van der Waals surface area contributed by atoms with Crippen LogP contribution in [0.4, 0.5) is 27.5 Å². The van der Waals surface area contributed by atoms with Crippen LogP contribution in [-0.4, -0.2) is 73.4 Å². The van der Waals surface area contributed by atoms with Crippen LogP contribution in [0.2, 0.25) is 0 Å². The van der Waals surface area contributed by atoms with Crippen molar-refractivity contribution in [1.82, 2.24) is 19.9 Å². The van der Waals surface area contributed by atoms with Gasteiger partial charge in [0.1, 0.15) is 29.5 Å². The van der Waals surface area contributed by atoms with Crippen LogP contribution in [0.15, 0.2) is 54.7 Å². The highest BCUT2D eigenvalue weighted by Gasteiger charge is 2.17. The maximum absolute atomic E-state index is 15.0. The predicted molar refractivity (Wildman–Crippen MR) is 144 cm³/mol. The molecule has 0 atom stereocenters. The Morgan fingerprint density at radius 1 is 1.08 bits per heavy atom. The summed E-state index contributed by atoms with van der Waals surface area (Å²) in [6.07, 6.45) is 1.58. The third-order valence-corrected chi connectivity index (χ3v) is 6.14. The number of aromatic nitrogens is 3. The second-order valence-corrected chi connectivity index (χ2v) is 9.05. The van der Waals surface area contributed by atoms with Gasteiger partial charge in [-0.05, 0) is 62.6 Å². The van der Waals surface area contributed by atoms with E-state index in [1.54, 1.807) is 24.4 Å². The molecule has 9 nitrogen and oxygen atoms in total. The van der Waals surface area contributed by atoms with Crippen molar-refractivity contribution in [2.45, 2.75) is 0 Å². The van der Waals surface area contributed by atoms with E-state index in [4.69, 9.17) is 15.2 Å². The number of nitrogen functional groups attached to an aromatic ring is 1. The van der Waals surface area contributed by atoms with Gasteiger partial charge in [-0.3, -0.25) is 4.98 Å². The first-order chi connectivity index (χ1) is 18.0. The fourth-order valence-corrected chi connectivity index (χ4v) is 4.16. The highest BCUT2D eigenvalue weighted by molar-refractivity contribution is 5.97. The van der Waals surface area contributed by atoms with Gasteiger partial charge in [-0.1, -0.05) is 0 Å². The Labute approximate surface area is 215 Å². The zero-order valence-corrected chi connectivity index (χ0v) is 20.9. The highest BCUT2D eigenvalue weighted by atomic mass is 19.1. The number of fused-ring (bicyclic) bond motifs is 1. The van der Waals surface area contributed by atoms with Gasteiger partial charge < -0.3 is 30.3 Å². The number of hydrogen-bond donors (Lipinski definition) is 2. The first-order valence-corrected chi connectivity index (χ1v) is 12.2. The maximum atomic E-state index is 15.0. The summed E-state index contributed by atoms with van der Waals surface area (Å²) in [4.78, 5) is 17.8. The Morgan fingerprint density at radius 2 is 1.86 bits per heavy atom. The number of morpholine rings is 1. The summed E-state index contributed by atoms with van der Waals surface area (Å²) in [5.74, 6) is 0.709. The molecular weight excluding hydrogens is 473 g/mol. The maximum Gasteiger partial charge on any atom is 0.229 e. The number of likely N-dealkylation sites (N-methyl/N-ethyl adjacent to an activating group) is 1. The molecule has 37 heavy (non-hydrogen) atoms. The van der Waals surface area contributed by atoms with Crippen molar-refractivity contribution in [2.24, 2.45) is 0 Å². The number of pyridine rings is 1. The molecular formula is C27H30FN7O2. The molecule has 2 aromatic carbocycles. The van der Waals surface area contributed by atoms with E-state index < -0.39 is 5.82 Å². The SMILES string of the molecule is CN(C)CCOc1ccc(F)c(-c2nccc3c(N)nc(Nc4ccc(N5CCOCC5)cc4)nc23)c1. The number of ether oxygens (including phenoxy) is 2. The van der Waals surface area contributed by atoms with Crippen LogP contribution in [0.3, 0.4) is 0 Å². The van der Waals surface area contributed by atoms with Gasteiger partial charge in [0, 0.05) is 48.2 Å². The molecule has 1 fully saturated rings. The quantitative estimate of drug-likeness (QED) is 0.370. The van der Waals surface area contributed by atoms with E-state index in [2.05, 4.69) is 25.2 Å². The lowest BCUT2D eigenvalue weighted by Gasteiger charge is -2.28. The van der Waals surface area contributed by atoms with E-state index in [1.807, 2.05) is 43.3 Å². The first kappa shape index (κ1) is 24.7. The topological polar surface area (TPSA) is 102 Å². The van der Waals surface area contributed by atoms with Crippen molar-refractivity contribution in [1.29, 1.82) is 0 Å². The summed E-state index contributed by atoms with van der Waals surface area (Å²) >= 11 is 0. The van der Waals surface area contributed by atoms with Crippen LogP contribution in [0, 0.1) is 5.82 Å². The third kappa shape index (κ3) is 5.71. The molecule has 1 saturated heterocycles. The van der Waals surface area contributed by atoms with E-state index in [1.165, 1.54) is 6.07 Å². The van der Waals surface area contributed by atoms with Crippen molar-refractivity contribution in [3.8, 4) is 17.0 Å². The fourth-order valence-electron chi connectivity index (χ4n) is 4.16. The fraction of sp³-hybridized carbons (Fsp3) is 0.296. The normalized spacial score (nSPS) is 13.8. The number of hydrogen-bond acceptors (Lipinski definition) is 9. The van der Waals surface area contributed by atoms with Gasteiger partial charge >= 0.3 is 0 Å². The summed E-state index contributed by atoms with van der Waals surface area (Å²) < 4.78 is 26.2. The molecule has 0 radical (unpaired) electrons. The van der Waals surface area contributed by atoms with Gasteiger partial charge in [-0.25, -0.2) is 9.37 Å². The number of benzene rings is 2. The van der Waals surface area contributed by atoms with Crippen molar-refractivity contribution in [3.05, 3.63) is 60.5 Å². The molecule has 192 valence electrons. The van der Waals surface area contributed by atoms with E-state index in [-0.39, 0.29) is 11.4 Å². The van der Waals surface area contributed by atoms with Crippen LogP contribution in [-0.2, 0) is 4.74 Å². The Kier molecular flexibility index (Phi) is 7.29. The highest BCUT2D eigenvalue weighted by Crippen LogP contribution is 2.33. The Balaban J connectivity index is 1.44. The third-order valence-electron chi connectivity index (χ3n) is 6.14. The number of nitrogens with zero attached hydrogens (tertiary/aromatic N) is 5. The summed E-state index contributed by atoms with van der Waals surface area (Å²) in [5, 5.41) is 3.81. The number of nitrogens with two attached hydrogens (primary N) is 1. The molecule has 0 unspecified atom stereocenters. The second-order valence-electron chi connectivity index (χ2n) is 9.05. The minimum Gasteiger partial charge on any atom is -0.492 e. The molecule has 2 aromatic heterocycles. The van der Waals surface area contributed by atoms with Crippen molar-refractivity contribution >= 4 is 34.0 Å². The van der Waals surface area contributed by atoms with Crippen LogP contribution in [0.1, 0.15) is 0 Å². The molecule has 5 rings (SSSR count). The summed E-state index contributed by atoms with van der Waals surface area (Å²) in [7, 11) is 3.93. The monoisotopic (exact) mass is 503 g/mol. The lowest BCUT2D eigenvalue weighted by atomic mass is 10.1. The van der Waals surface area contributed by atoms with Gasteiger partial charge in [0.15, 0.2) is 0 Å². The summed E-state index contributed by atoms with van der Waals surface area (Å²) in [5.41, 5.74) is 9.32. The lowest BCUT2D eigenvalue weighted by molar-refractivity contribution is 0.122. The van der Waals surface area contributed by atoms with Crippen LogP contribution < -0.4 is 20.7 Å². The Bertz CT molecular complexity index is 1380. The van der Waals surface area contributed by atoms with Gasteiger partial charge in [0.05, 0.1) is 18.9 Å². The predicted octanol–water partition coefficient (Wildman–Crippen LogP) is 3.93. The first-order valence-electron chi connectivity index (χ1n) is 12.2. The zero-order chi connectivity index (χ0) is 25.8. The Hall–Kier alpha value is -4.02. The number of halogens is 1. The minimum atomic E-state index is -0.426. The van der Waals surface area contributed by atoms with E-state index in [0.29, 0.717) is 34.9 Å². The van der Waals surface area contributed by atoms with E-state index >= 15 is 0 Å². The molecule has 0 bridgehead atoms. The molecule has 3 N–H and O–H groups in total. The molecule has 3 heterocycles. The average Bonchev–Trinajstić information content (AvgIpc) is 2.90. The van der Waals surface area contributed by atoms with Crippen LogP contribution in [0.5, 0.6) is 5.75 Å². The average molecular weight is 504 g/mol. The molecule has 4 aromatic rings. The molecule has 0 spiro atoms. The van der Waals surface area contributed by atoms with E-state index in [9.17, 15) is 4.39 Å². The van der Waals surface area contributed by atoms with Gasteiger partial charge in [0.2, 0.25) is 5.95 Å².